The van der Waals surface area contributed by atoms with Gasteiger partial charge in [0, 0.05) is 17.3 Å². The van der Waals surface area contributed by atoms with E-state index >= 15 is 0 Å². The molecule has 28 heavy (non-hydrogen) atoms. The molecule has 5 nitrogen and oxygen atoms in total. The Balaban J connectivity index is 0.000000409. The van der Waals surface area contributed by atoms with Crippen molar-refractivity contribution < 1.29 is 19.8 Å². The Kier molecular flexibility index (Phi) is 8.31. The molecule has 0 bridgehead atoms. The van der Waals surface area contributed by atoms with Gasteiger partial charge in [-0.3, -0.25) is 0 Å². The van der Waals surface area contributed by atoms with E-state index in [0.29, 0.717) is 0 Å². The molecule has 0 unspecified atom stereocenters. The van der Waals surface area contributed by atoms with Crippen molar-refractivity contribution in [2.75, 3.05) is 11.9 Å². The van der Waals surface area contributed by atoms with Gasteiger partial charge in [-0.15, -0.1) is 0 Å². The highest BCUT2D eigenvalue weighted by Gasteiger charge is 2.04. The Morgan fingerprint density at radius 2 is 1.54 bits per heavy atom. The van der Waals surface area contributed by atoms with E-state index in [4.69, 9.17) is 31.4 Å². The smallest absolute Gasteiger partial charge is 0.414 e. The summed E-state index contributed by atoms with van der Waals surface area (Å²) in [4.78, 5) is 18.2. The summed E-state index contributed by atoms with van der Waals surface area (Å²) in [6.07, 6.45) is 3.45. The third-order valence-corrected chi connectivity index (χ3v) is 4.32. The summed E-state index contributed by atoms with van der Waals surface area (Å²) in [5, 5.41) is 21.7. The van der Waals surface area contributed by atoms with Crippen molar-refractivity contribution >= 4 is 40.0 Å². The number of carbonyl (C=O) groups is 2. The van der Waals surface area contributed by atoms with Crippen LogP contribution in [0, 0.1) is 0 Å². The third kappa shape index (κ3) is 6.93. The van der Waals surface area contributed by atoms with E-state index in [2.05, 4.69) is 53.8 Å². The fourth-order valence-electron chi connectivity index (χ4n) is 2.78. The highest BCUT2D eigenvalue weighted by molar-refractivity contribution is 6.30. The second-order valence-electron chi connectivity index (χ2n) is 6.14. The molecule has 0 amide bonds. The number of benzene rings is 3. The van der Waals surface area contributed by atoms with Crippen LogP contribution in [-0.4, -0.2) is 28.7 Å². The molecule has 6 heteroatoms. The first kappa shape index (κ1) is 21.3. The van der Waals surface area contributed by atoms with Crippen molar-refractivity contribution in [3.8, 4) is 0 Å². The second-order valence-corrected chi connectivity index (χ2v) is 6.58. The van der Waals surface area contributed by atoms with Gasteiger partial charge in [0.2, 0.25) is 0 Å². The molecule has 0 atom stereocenters. The van der Waals surface area contributed by atoms with Gasteiger partial charge in [-0.25, -0.2) is 9.59 Å². The van der Waals surface area contributed by atoms with E-state index in [1.54, 1.807) is 0 Å². The maximum absolute atomic E-state index is 9.10. The molecule has 0 radical (unpaired) electrons. The van der Waals surface area contributed by atoms with Crippen LogP contribution in [-0.2, 0) is 16.0 Å². The van der Waals surface area contributed by atoms with Gasteiger partial charge in [0.1, 0.15) is 0 Å². The maximum Gasteiger partial charge on any atom is 0.414 e. The van der Waals surface area contributed by atoms with Crippen LogP contribution >= 0.6 is 11.6 Å². The Morgan fingerprint density at radius 1 is 0.857 bits per heavy atom. The number of carboxylic acids is 2. The molecule has 0 aliphatic carbocycles. The summed E-state index contributed by atoms with van der Waals surface area (Å²) in [5.74, 6) is -3.65. The van der Waals surface area contributed by atoms with Crippen molar-refractivity contribution in [2.24, 2.45) is 0 Å². The number of carboxylic acid groups (broad SMARTS) is 2. The van der Waals surface area contributed by atoms with Gasteiger partial charge in [0.25, 0.3) is 0 Å². The highest BCUT2D eigenvalue weighted by Crippen LogP contribution is 2.20. The summed E-state index contributed by atoms with van der Waals surface area (Å²) in [5.41, 5.74) is 2.54. The SMILES string of the molecule is Clc1cccc(NCCCCc2cccc3ccccc23)c1.O=C(O)C(=O)O. The first-order valence-electron chi connectivity index (χ1n) is 8.89. The minimum atomic E-state index is -1.82. The molecule has 0 aromatic heterocycles. The van der Waals surface area contributed by atoms with Crippen LogP contribution in [0.15, 0.2) is 66.7 Å². The van der Waals surface area contributed by atoms with Crippen LogP contribution in [0.2, 0.25) is 5.02 Å². The highest BCUT2D eigenvalue weighted by atomic mass is 35.5. The number of rotatable bonds is 6. The van der Waals surface area contributed by atoms with Crippen LogP contribution in [0.5, 0.6) is 0 Å². The van der Waals surface area contributed by atoms with Crippen molar-refractivity contribution in [3.05, 3.63) is 77.3 Å². The van der Waals surface area contributed by atoms with E-state index < -0.39 is 11.9 Å². The van der Waals surface area contributed by atoms with Gasteiger partial charge in [-0.1, -0.05) is 60.1 Å². The van der Waals surface area contributed by atoms with Gasteiger partial charge < -0.3 is 15.5 Å². The second kappa shape index (κ2) is 10.9. The molecule has 0 heterocycles. The maximum atomic E-state index is 9.10. The lowest BCUT2D eigenvalue weighted by Gasteiger charge is -2.08. The van der Waals surface area contributed by atoms with Crippen LogP contribution in [0.3, 0.4) is 0 Å². The van der Waals surface area contributed by atoms with Crippen molar-refractivity contribution in [1.29, 1.82) is 0 Å². The predicted molar refractivity (Wildman–Crippen MR) is 112 cm³/mol. The number of hydrogen-bond acceptors (Lipinski definition) is 3. The molecule has 0 spiro atoms. The number of aliphatic carboxylic acids is 2. The lowest BCUT2D eigenvalue weighted by atomic mass is 10.0. The fraction of sp³-hybridized carbons (Fsp3) is 0.182. The number of fused-ring (bicyclic) bond motifs is 1. The lowest BCUT2D eigenvalue weighted by Crippen LogP contribution is -2.09. The van der Waals surface area contributed by atoms with Crippen LogP contribution in [0.1, 0.15) is 18.4 Å². The van der Waals surface area contributed by atoms with Crippen LogP contribution in [0.4, 0.5) is 5.69 Å². The summed E-state index contributed by atoms with van der Waals surface area (Å²) in [7, 11) is 0. The van der Waals surface area contributed by atoms with Crippen molar-refractivity contribution in [2.45, 2.75) is 19.3 Å². The first-order chi connectivity index (χ1) is 13.5. The van der Waals surface area contributed by atoms with Gasteiger partial charge in [-0.2, -0.15) is 0 Å². The molecule has 3 aromatic rings. The Hall–Kier alpha value is -3.05. The largest absolute Gasteiger partial charge is 0.473 e. The molecule has 3 rings (SSSR count). The molecular weight excluding hydrogens is 378 g/mol. The van der Waals surface area contributed by atoms with Crippen LogP contribution < -0.4 is 5.32 Å². The number of halogens is 1. The first-order valence-corrected chi connectivity index (χ1v) is 9.27. The summed E-state index contributed by atoms with van der Waals surface area (Å²) in [6, 6.07) is 23.1. The average Bonchev–Trinajstić information content (AvgIpc) is 2.68. The third-order valence-electron chi connectivity index (χ3n) is 4.09. The molecule has 0 fully saturated rings. The van der Waals surface area contributed by atoms with E-state index in [1.165, 1.54) is 22.8 Å². The molecule has 146 valence electrons. The molecule has 0 saturated carbocycles. The zero-order chi connectivity index (χ0) is 20.4. The minimum absolute atomic E-state index is 0.778. The Morgan fingerprint density at radius 3 is 2.25 bits per heavy atom. The number of nitrogens with one attached hydrogen (secondary N) is 1. The minimum Gasteiger partial charge on any atom is -0.473 e. The fourth-order valence-corrected chi connectivity index (χ4v) is 2.97. The van der Waals surface area contributed by atoms with Crippen LogP contribution in [0.25, 0.3) is 10.8 Å². The van der Waals surface area contributed by atoms with Gasteiger partial charge in [0.05, 0.1) is 0 Å². The average molecular weight is 400 g/mol. The molecule has 0 aliphatic heterocycles. The molecule has 3 N–H and O–H groups in total. The number of hydrogen-bond donors (Lipinski definition) is 3. The molecular formula is C22H22ClNO4. The van der Waals surface area contributed by atoms with E-state index in [-0.39, 0.29) is 0 Å². The molecule has 0 saturated heterocycles. The normalized spacial score (nSPS) is 10.0. The standard InChI is InChI=1S/C20H20ClN.C2H2O4/c21-18-11-6-12-19(15-18)22-14-4-3-8-17-10-5-9-16-7-1-2-13-20(16)17;3-1(4)2(5)6/h1-2,5-7,9-13,15,22H,3-4,8,14H2;(H,3,4)(H,5,6). The summed E-state index contributed by atoms with van der Waals surface area (Å²) < 4.78 is 0. The Labute approximate surface area is 168 Å². The predicted octanol–water partition coefficient (Wildman–Crippen LogP) is 5.08. The summed E-state index contributed by atoms with van der Waals surface area (Å²) >= 11 is 5.98. The lowest BCUT2D eigenvalue weighted by molar-refractivity contribution is -0.159. The van der Waals surface area contributed by atoms with Crippen molar-refractivity contribution in [1.82, 2.24) is 0 Å². The van der Waals surface area contributed by atoms with E-state index in [1.807, 2.05) is 18.2 Å². The van der Waals surface area contributed by atoms with Crippen molar-refractivity contribution in [3.63, 3.8) is 0 Å². The topological polar surface area (TPSA) is 86.6 Å². The van der Waals surface area contributed by atoms with Gasteiger partial charge in [-0.05, 0) is 53.8 Å². The molecule has 0 aliphatic rings. The quantitative estimate of drug-likeness (QED) is 0.397. The number of unbranched alkanes of at least 4 members (excludes halogenated alkanes) is 1. The molecule has 3 aromatic carbocycles. The zero-order valence-electron chi connectivity index (χ0n) is 15.3. The van der Waals surface area contributed by atoms with E-state index in [9.17, 15) is 0 Å². The summed E-state index contributed by atoms with van der Waals surface area (Å²) in [6.45, 7) is 0.977. The zero-order valence-corrected chi connectivity index (χ0v) is 16.0. The van der Waals surface area contributed by atoms with E-state index in [0.717, 1.165) is 30.1 Å². The number of anilines is 1. The van der Waals surface area contributed by atoms with Gasteiger partial charge in [0.15, 0.2) is 0 Å². The monoisotopic (exact) mass is 399 g/mol. The Bertz CT molecular complexity index is 925. The van der Waals surface area contributed by atoms with Gasteiger partial charge >= 0.3 is 11.9 Å². The number of aryl methyl sites for hydroxylation is 1.